The van der Waals surface area contributed by atoms with Gasteiger partial charge in [-0.2, -0.15) is 0 Å². The summed E-state index contributed by atoms with van der Waals surface area (Å²) in [6, 6.07) is 0. The van der Waals surface area contributed by atoms with Crippen LogP contribution in [0.15, 0.2) is 12.2 Å². The highest BCUT2D eigenvalue weighted by atomic mass is 16.4. The smallest absolute Gasteiger partial charge is 0.303 e. The Hall–Kier alpha value is -1.16. The quantitative estimate of drug-likeness (QED) is 0.448. The summed E-state index contributed by atoms with van der Waals surface area (Å²) >= 11 is 0. The number of carbonyl (C=O) groups is 2. The number of aliphatic hydroxyl groups is 1. The Morgan fingerprint density at radius 1 is 1.50 bits per heavy atom. The normalized spacial score (nSPS) is 13.1. The predicted molar refractivity (Wildman–Crippen MR) is 42.7 cm³/mol. The van der Waals surface area contributed by atoms with Crippen molar-refractivity contribution in [1.29, 1.82) is 0 Å². The number of aldehydes is 1. The van der Waals surface area contributed by atoms with E-state index in [1.807, 2.05) is 0 Å². The van der Waals surface area contributed by atoms with Crippen LogP contribution in [0.1, 0.15) is 19.3 Å². The second-order valence-electron chi connectivity index (χ2n) is 2.37. The maximum absolute atomic E-state index is 10.0. The lowest BCUT2D eigenvalue weighted by atomic mass is 10.1. The minimum atomic E-state index is -0.874. The molecule has 0 rings (SSSR count). The highest BCUT2D eigenvalue weighted by molar-refractivity contribution is 5.66. The Morgan fingerprint density at radius 3 is 2.67 bits per heavy atom. The summed E-state index contributed by atoms with van der Waals surface area (Å²) in [6.45, 7) is 0. The summed E-state index contributed by atoms with van der Waals surface area (Å²) < 4.78 is 0. The van der Waals surface area contributed by atoms with Crippen LogP contribution in [0.5, 0.6) is 0 Å². The van der Waals surface area contributed by atoms with Crippen molar-refractivity contribution in [1.82, 2.24) is 0 Å². The van der Waals surface area contributed by atoms with Crippen LogP contribution in [0.4, 0.5) is 0 Å². The van der Waals surface area contributed by atoms with Crippen LogP contribution < -0.4 is 0 Å². The fourth-order valence-electron chi connectivity index (χ4n) is 0.732. The molecule has 0 fully saturated rings. The monoisotopic (exact) mass is 172 g/mol. The summed E-state index contributed by atoms with van der Waals surface area (Å²) in [5, 5.41) is 17.3. The third-order valence-corrected chi connectivity index (χ3v) is 1.30. The van der Waals surface area contributed by atoms with Crippen molar-refractivity contribution in [3.8, 4) is 0 Å². The summed E-state index contributed by atoms with van der Waals surface area (Å²) in [6.07, 6.45) is 3.23. The van der Waals surface area contributed by atoms with E-state index in [4.69, 9.17) is 10.2 Å². The molecule has 4 nitrogen and oxygen atoms in total. The fraction of sp³-hybridized carbons (Fsp3) is 0.500. The van der Waals surface area contributed by atoms with Crippen molar-refractivity contribution in [2.24, 2.45) is 0 Å². The molecule has 0 heterocycles. The number of carbonyl (C=O) groups excluding carboxylic acids is 1. The Kier molecular flexibility index (Phi) is 5.91. The topological polar surface area (TPSA) is 74.6 Å². The first-order valence-corrected chi connectivity index (χ1v) is 3.68. The molecule has 0 aliphatic heterocycles. The molecule has 0 aromatic heterocycles. The van der Waals surface area contributed by atoms with Gasteiger partial charge in [-0.1, -0.05) is 6.08 Å². The molecule has 0 aliphatic rings. The van der Waals surface area contributed by atoms with Gasteiger partial charge < -0.3 is 10.2 Å². The van der Waals surface area contributed by atoms with Crippen LogP contribution in [-0.2, 0) is 9.59 Å². The van der Waals surface area contributed by atoms with Crippen molar-refractivity contribution < 1.29 is 19.8 Å². The third-order valence-electron chi connectivity index (χ3n) is 1.30. The lowest BCUT2D eigenvalue weighted by Gasteiger charge is -2.01. The molecule has 1 atom stereocenters. The van der Waals surface area contributed by atoms with Gasteiger partial charge in [-0.05, 0) is 18.9 Å². The Morgan fingerprint density at radius 2 is 2.17 bits per heavy atom. The van der Waals surface area contributed by atoms with Gasteiger partial charge in [0.25, 0.3) is 0 Å². The lowest BCUT2D eigenvalue weighted by molar-refractivity contribution is -0.137. The number of carboxylic acids is 1. The zero-order valence-electron chi connectivity index (χ0n) is 6.64. The first kappa shape index (κ1) is 10.8. The molecule has 12 heavy (non-hydrogen) atoms. The molecule has 0 radical (unpaired) electrons. The van der Waals surface area contributed by atoms with Gasteiger partial charge in [0.05, 0.1) is 6.10 Å². The molecule has 0 saturated carbocycles. The maximum atomic E-state index is 10.0. The average Bonchev–Trinajstić information content (AvgIpc) is 2.00. The van der Waals surface area contributed by atoms with Crippen molar-refractivity contribution in [3.05, 3.63) is 12.2 Å². The van der Waals surface area contributed by atoms with E-state index in [-0.39, 0.29) is 6.42 Å². The van der Waals surface area contributed by atoms with Crippen LogP contribution in [0.2, 0.25) is 0 Å². The molecule has 0 saturated heterocycles. The summed E-state index contributed by atoms with van der Waals surface area (Å²) in [7, 11) is 0. The van der Waals surface area contributed by atoms with E-state index >= 15 is 0 Å². The second-order valence-corrected chi connectivity index (χ2v) is 2.37. The van der Waals surface area contributed by atoms with Crippen molar-refractivity contribution in [3.63, 3.8) is 0 Å². The van der Waals surface area contributed by atoms with Gasteiger partial charge in [-0.3, -0.25) is 9.59 Å². The number of aliphatic hydroxyl groups excluding tert-OH is 1. The molecular formula is C8H12O4. The van der Waals surface area contributed by atoms with Gasteiger partial charge in [0.2, 0.25) is 0 Å². The molecule has 68 valence electrons. The van der Waals surface area contributed by atoms with Crippen LogP contribution >= 0.6 is 0 Å². The number of aliphatic carboxylic acids is 1. The SMILES string of the molecule is O=CC=CC(O)CCCC(=O)O. The number of hydrogen-bond donors (Lipinski definition) is 2. The molecular weight excluding hydrogens is 160 g/mol. The first-order chi connectivity index (χ1) is 5.66. The van der Waals surface area contributed by atoms with E-state index in [2.05, 4.69) is 0 Å². The number of rotatable bonds is 6. The zero-order valence-corrected chi connectivity index (χ0v) is 6.64. The minimum absolute atomic E-state index is 0.0476. The highest BCUT2D eigenvalue weighted by Crippen LogP contribution is 2.01. The Balaban J connectivity index is 3.43. The third kappa shape index (κ3) is 6.95. The average molecular weight is 172 g/mol. The summed E-state index contributed by atoms with van der Waals surface area (Å²) in [4.78, 5) is 19.8. The molecule has 0 aliphatic carbocycles. The van der Waals surface area contributed by atoms with Crippen LogP contribution in [0, 0.1) is 0 Å². The number of hydrogen-bond acceptors (Lipinski definition) is 3. The van der Waals surface area contributed by atoms with Crippen molar-refractivity contribution in [2.45, 2.75) is 25.4 Å². The van der Waals surface area contributed by atoms with Gasteiger partial charge in [0, 0.05) is 6.42 Å². The van der Waals surface area contributed by atoms with E-state index in [0.717, 1.165) is 0 Å². The van der Waals surface area contributed by atoms with E-state index in [0.29, 0.717) is 19.1 Å². The molecule has 1 unspecified atom stereocenters. The van der Waals surface area contributed by atoms with E-state index in [1.165, 1.54) is 12.2 Å². The van der Waals surface area contributed by atoms with Gasteiger partial charge in [-0.15, -0.1) is 0 Å². The van der Waals surface area contributed by atoms with Gasteiger partial charge in [0.15, 0.2) is 0 Å². The summed E-state index contributed by atoms with van der Waals surface area (Å²) in [5.74, 6) is -0.874. The molecule has 2 N–H and O–H groups in total. The highest BCUT2D eigenvalue weighted by Gasteiger charge is 2.01. The molecule has 0 amide bonds. The summed E-state index contributed by atoms with van der Waals surface area (Å²) in [5.41, 5.74) is 0. The molecule has 0 spiro atoms. The largest absolute Gasteiger partial charge is 0.481 e. The number of allylic oxidation sites excluding steroid dienone is 1. The van der Waals surface area contributed by atoms with Crippen molar-refractivity contribution >= 4 is 12.3 Å². The second kappa shape index (κ2) is 6.54. The predicted octanol–water partition coefficient (Wildman–Crippen LogP) is 0.357. The van der Waals surface area contributed by atoms with Crippen LogP contribution in [0.25, 0.3) is 0 Å². The number of carboxylic acid groups (broad SMARTS) is 1. The molecule has 0 bridgehead atoms. The van der Waals surface area contributed by atoms with Crippen LogP contribution in [-0.4, -0.2) is 28.6 Å². The van der Waals surface area contributed by atoms with Crippen molar-refractivity contribution in [2.75, 3.05) is 0 Å². The zero-order chi connectivity index (χ0) is 9.40. The molecule has 0 aromatic rings. The van der Waals surface area contributed by atoms with Gasteiger partial charge in [0.1, 0.15) is 6.29 Å². The van der Waals surface area contributed by atoms with Gasteiger partial charge in [-0.25, -0.2) is 0 Å². The van der Waals surface area contributed by atoms with E-state index in [1.54, 1.807) is 0 Å². The molecule has 4 heteroatoms. The lowest BCUT2D eigenvalue weighted by Crippen LogP contribution is -2.03. The van der Waals surface area contributed by atoms with E-state index < -0.39 is 12.1 Å². The minimum Gasteiger partial charge on any atom is -0.481 e. The Labute approximate surface area is 70.5 Å². The standard InChI is InChI=1S/C8H12O4/c9-6-2-4-7(10)3-1-5-8(11)12/h2,4,6-7,10H,1,3,5H2,(H,11,12). The van der Waals surface area contributed by atoms with Gasteiger partial charge >= 0.3 is 5.97 Å². The first-order valence-electron chi connectivity index (χ1n) is 3.68. The maximum Gasteiger partial charge on any atom is 0.303 e. The Bertz CT molecular complexity index is 174. The molecule has 0 aromatic carbocycles. The van der Waals surface area contributed by atoms with E-state index in [9.17, 15) is 9.59 Å². The fourth-order valence-corrected chi connectivity index (χ4v) is 0.732. The van der Waals surface area contributed by atoms with Crippen LogP contribution in [0.3, 0.4) is 0 Å².